The van der Waals surface area contributed by atoms with Gasteiger partial charge in [-0.15, -0.1) is 0 Å². The first-order valence-corrected chi connectivity index (χ1v) is 7.15. The molecule has 22 heavy (non-hydrogen) atoms. The average molecular weight is 301 g/mol. The van der Waals surface area contributed by atoms with Gasteiger partial charge in [-0.05, 0) is 50.3 Å². The zero-order valence-electron chi connectivity index (χ0n) is 12.4. The molecule has 4 N–H and O–H groups in total. The standard InChI is InChI=1S/C16H19N3O3/c1-10-13(14(20)19-16(17)18-10)5-3-2-4-11-6-8-12(9-7-11)15(21)22/h6-9H,2-5H2,1H3,(H,21,22)(H3,17,18,19,20). The van der Waals surface area contributed by atoms with Gasteiger partial charge in [-0.25, -0.2) is 9.78 Å². The molecule has 2 aromatic rings. The van der Waals surface area contributed by atoms with Crippen LogP contribution in [-0.4, -0.2) is 21.0 Å². The van der Waals surface area contributed by atoms with Crippen LogP contribution in [0, 0.1) is 6.92 Å². The summed E-state index contributed by atoms with van der Waals surface area (Å²) in [5.74, 6) is -0.776. The van der Waals surface area contributed by atoms with Crippen LogP contribution in [0.5, 0.6) is 0 Å². The molecule has 0 aliphatic heterocycles. The summed E-state index contributed by atoms with van der Waals surface area (Å²) in [4.78, 5) is 29.1. The lowest BCUT2D eigenvalue weighted by atomic mass is 10.0. The van der Waals surface area contributed by atoms with E-state index in [4.69, 9.17) is 10.8 Å². The number of carboxylic acids is 1. The number of aromatic nitrogens is 2. The van der Waals surface area contributed by atoms with Gasteiger partial charge in [-0.3, -0.25) is 9.78 Å². The third-order valence-electron chi connectivity index (χ3n) is 3.58. The molecule has 0 bridgehead atoms. The fourth-order valence-electron chi connectivity index (χ4n) is 2.37. The first-order valence-electron chi connectivity index (χ1n) is 7.15. The van der Waals surface area contributed by atoms with E-state index in [1.807, 2.05) is 12.1 Å². The highest BCUT2D eigenvalue weighted by Crippen LogP contribution is 2.10. The van der Waals surface area contributed by atoms with Gasteiger partial charge in [0.2, 0.25) is 5.95 Å². The third-order valence-corrected chi connectivity index (χ3v) is 3.58. The first-order chi connectivity index (χ1) is 10.5. The number of nitrogen functional groups attached to an aromatic ring is 1. The van der Waals surface area contributed by atoms with Gasteiger partial charge in [0.05, 0.1) is 5.56 Å². The van der Waals surface area contributed by atoms with E-state index < -0.39 is 5.97 Å². The number of nitrogens with one attached hydrogen (secondary N) is 1. The lowest BCUT2D eigenvalue weighted by Gasteiger charge is -2.05. The molecule has 0 aliphatic carbocycles. The zero-order valence-corrected chi connectivity index (χ0v) is 12.4. The number of rotatable bonds is 6. The maximum Gasteiger partial charge on any atom is 0.335 e. The number of nitrogens with zero attached hydrogens (tertiary/aromatic N) is 1. The highest BCUT2D eigenvalue weighted by molar-refractivity contribution is 5.87. The topological polar surface area (TPSA) is 109 Å². The second-order valence-corrected chi connectivity index (χ2v) is 5.22. The number of unbranched alkanes of at least 4 members (excludes halogenated alkanes) is 1. The fraction of sp³-hybridized carbons (Fsp3) is 0.312. The van der Waals surface area contributed by atoms with Crippen LogP contribution < -0.4 is 11.3 Å². The minimum Gasteiger partial charge on any atom is -0.478 e. The van der Waals surface area contributed by atoms with Crippen LogP contribution in [0.25, 0.3) is 0 Å². The molecule has 0 atom stereocenters. The second-order valence-electron chi connectivity index (χ2n) is 5.22. The van der Waals surface area contributed by atoms with Crippen molar-refractivity contribution in [2.24, 2.45) is 0 Å². The molecular formula is C16H19N3O3. The van der Waals surface area contributed by atoms with E-state index in [2.05, 4.69) is 9.97 Å². The van der Waals surface area contributed by atoms with Crippen molar-refractivity contribution in [3.8, 4) is 0 Å². The summed E-state index contributed by atoms with van der Waals surface area (Å²) >= 11 is 0. The van der Waals surface area contributed by atoms with Gasteiger partial charge in [0.1, 0.15) is 0 Å². The lowest BCUT2D eigenvalue weighted by molar-refractivity contribution is 0.0697. The lowest BCUT2D eigenvalue weighted by Crippen LogP contribution is -2.18. The molecule has 0 saturated heterocycles. The molecule has 1 aromatic carbocycles. The summed E-state index contributed by atoms with van der Waals surface area (Å²) in [5.41, 5.74) is 8.04. The van der Waals surface area contributed by atoms with E-state index in [9.17, 15) is 9.59 Å². The van der Waals surface area contributed by atoms with Crippen LogP contribution in [0.15, 0.2) is 29.1 Å². The molecule has 0 spiro atoms. The van der Waals surface area contributed by atoms with E-state index >= 15 is 0 Å². The molecule has 6 heteroatoms. The molecule has 0 unspecified atom stereocenters. The van der Waals surface area contributed by atoms with Crippen molar-refractivity contribution in [1.29, 1.82) is 0 Å². The van der Waals surface area contributed by atoms with Crippen molar-refractivity contribution < 1.29 is 9.90 Å². The molecule has 2 rings (SSSR count). The largest absolute Gasteiger partial charge is 0.478 e. The van der Waals surface area contributed by atoms with E-state index in [0.717, 1.165) is 24.8 Å². The average Bonchev–Trinajstić information content (AvgIpc) is 2.46. The van der Waals surface area contributed by atoms with E-state index in [1.165, 1.54) is 0 Å². The number of H-pyrrole nitrogens is 1. The summed E-state index contributed by atoms with van der Waals surface area (Å²) in [7, 11) is 0. The summed E-state index contributed by atoms with van der Waals surface area (Å²) in [6.45, 7) is 1.78. The second kappa shape index (κ2) is 6.89. The number of aryl methyl sites for hydroxylation is 2. The van der Waals surface area contributed by atoms with E-state index in [-0.39, 0.29) is 11.5 Å². The quantitative estimate of drug-likeness (QED) is 0.706. The number of nitrogens with two attached hydrogens (primary N) is 1. The van der Waals surface area contributed by atoms with Crippen molar-refractivity contribution >= 4 is 11.9 Å². The zero-order chi connectivity index (χ0) is 16.1. The Morgan fingerprint density at radius 2 is 1.86 bits per heavy atom. The van der Waals surface area contributed by atoms with E-state index in [0.29, 0.717) is 23.2 Å². The molecule has 0 radical (unpaired) electrons. The number of carbonyl (C=O) groups is 1. The molecule has 0 aliphatic rings. The predicted octanol–water partition coefficient (Wildman–Crippen LogP) is 1.92. The molecule has 116 valence electrons. The summed E-state index contributed by atoms with van der Waals surface area (Å²) in [6, 6.07) is 6.87. The van der Waals surface area contributed by atoms with Crippen LogP contribution in [0.4, 0.5) is 5.95 Å². The van der Waals surface area contributed by atoms with Gasteiger partial charge in [-0.1, -0.05) is 12.1 Å². The fourth-order valence-corrected chi connectivity index (χ4v) is 2.37. The number of carboxylic acid groups (broad SMARTS) is 1. The molecule has 6 nitrogen and oxygen atoms in total. The Morgan fingerprint density at radius 1 is 1.23 bits per heavy atom. The minimum atomic E-state index is -0.919. The Labute approximate surface area is 128 Å². The van der Waals surface area contributed by atoms with Gasteiger partial charge in [0, 0.05) is 11.3 Å². The van der Waals surface area contributed by atoms with Gasteiger partial charge in [-0.2, -0.15) is 0 Å². The minimum absolute atomic E-state index is 0.143. The van der Waals surface area contributed by atoms with Crippen LogP contribution in [-0.2, 0) is 12.8 Å². The number of hydrogen-bond acceptors (Lipinski definition) is 4. The number of anilines is 1. The Balaban J connectivity index is 1.87. The van der Waals surface area contributed by atoms with Crippen LogP contribution in [0.3, 0.4) is 0 Å². The first kappa shape index (κ1) is 15.8. The number of benzene rings is 1. The monoisotopic (exact) mass is 301 g/mol. The SMILES string of the molecule is Cc1nc(N)[nH]c(=O)c1CCCCc1ccc(C(=O)O)cc1. The van der Waals surface area contributed by atoms with Crippen molar-refractivity contribution in [3.63, 3.8) is 0 Å². The molecule has 1 aromatic heterocycles. The van der Waals surface area contributed by atoms with Crippen LogP contribution >= 0.6 is 0 Å². The predicted molar refractivity (Wildman–Crippen MR) is 84.1 cm³/mol. The molecule has 0 saturated carbocycles. The van der Waals surface area contributed by atoms with E-state index in [1.54, 1.807) is 19.1 Å². The number of hydrogen-bond donors (Lipinski definition) is 3. The van der Waals surface area contributed by atoms with Gasteiger partial charge in [0.15, 0.2) is 0 Å². The maximum atomic E-state index is 11.8. The van der Waals surface area contributed by atoms with Crippen molar-refractivity contribution in [1.82, 2.24) is 9.97 Å². The van der Waals surface area contributed by atoms with Gasteiger partial charge >= 0.3 is 5.97 Å². The van der Waals surface area contributed by atoms with Gasteiger partial charge in [0.25, 0.3) is 5.56 Å². The Bertz CT molecular complexity index is 720. The Morgan fingerprint density at radius 3 is 2.45 bits per heavy atom. The Hall–Kier alpha value is -2.63. The summed E-state index contributed by atoms with van der Waals surface area (Å²) < 4.78 is 0. The van der Waals surface area contributed by atoms with Crippen molar-refractivity contribution in [3.05, 3.63) is 57.0 Å². The highest BCUT2D eigenvalue weighted by Gasteiger charge is 2.07. The normalized spacial score (nSPS) is 10.6. The molecule has 0 amide bonds. The van der Waals surface area contributed by atoms with Gasteiger partial charge < -0.3 is 10.8 Å². The smallest absolute Gasteiger partial charge is 0.335 e. The highest BCUT2D eigenvalue weighted by atomic mass is 16.4. The number of aromatic carboxylic acids is 1. The Kier molecular flexibility index (Phi) is 4.93. The molecule has 0 fully saturated rings. The summed E-state index contributed by atoms with van der Waals surface area (Å²) in [6.07, 6.45) is 3.27. The molecule has 1 heterocycles. The molecular weight excluding hydrogens is 282 g/mol. The summed E-state index contributed by atoms with van der Waals surface area (Å²) in [5, 5.41) is 8.84. The number of aromatic amines is 1. The van der Waals surface area contributed by atoms with Crippen molar-refractivity contribution in [2.45, 2.75) is 32.6 Å². The van der Waals surface area contributed by atoms with Crippen molar-refractivity contribution in [2.75, 3.05) is 5.73 Å². The van der Waals surface area contributed by atoms with Crippen LogP contribution in [0.2, 0.25) is 0 Å². The maximum absolute atomic E-state index is 11.8. The third kappa shape index (κ3) is 3.94. The van der Waals surface area contributed by atoms with Crippen LogP contribution in [0.1, 0.15) is 40.0 Å².